The van der Waals surface area contributed by atoms with Crippen molar-refractivity contribution in [3.8, 4) is 0 Å². The van der Waals surface area contributed by atoms with Crippen LogP contribution in [0.25, 0.3) is 10.8 Å². The number of carbonyl (C=O) groups excluding carboxylic acids is 1. The molecule has 1 aliphatic heterocycles. The van der Waals surface area contributed by atoms with Gasteiger partial charge in [-0.2, -0.15) is 0 Å². The lowest BCUT2D eigenvalue weighted by Gasteiger charge is -2.25. The molecule has 0 saturated carbocycles. The van der Waals surface area contributed by atoms with Gasteiger partial charge >= 0.3 is 0 Å². The molecule has 2 heterocycles. The van der Waals surface area contributed by atoms with Crippen LogP contribution in [0.1, 0.15) is 42.5 Å². The molecule has 2 aromatic rings. The van der Waals surface area contributed by atoms with Gasteiger partial charge in [0, 0.05) is 30.1 Å². The Labute approximate surface area is 123 Å². The first kappa shape index (κ1) is 13.9. The summed E-state index contributed by atoms with van der Waals surface area (Å²) in [6.45, 7) is 1.62. The Bertz CT molecular complexity index is 697. The second-order valence-corrected chi connectivity index (χ2v) is 5.64. The summed E-state index contributed by atoms with van der Waals surface area (Å²) in [6, 6.07) is 7.30. The Hall–Kier alpha value is -2.10. The van der Waals surface area contributed by atoms with Gasteiger partial charge in [0.15, 0.2) is 0 Å². The molecule has 4 nitrogen and oxygen atoms in total. The van der Waals surface area contributed by atoms with Crippen LogP contribution in [0.5, 0.6) is 0 Å². The Kier molecular flexibility index (Phi) is 4.04. The van der Waals surface area contributed by atoms with E-state index in [2.05, 4.69) is 4.98 Å². The first-order valence-corrected chi connectivity index (χ1v) is 7.67. The van der Waals surface area contributed by atoms with E-state index in [1.165, 1.54) is 19.3 Å². The summed E-state index contributed by atoms with van der Waals surface area (Å²) < 4.78 is 0. The monoisotopic (exact) mass is 284 g/mol. The van der Waals surface area contributed by atoms with E-state index >= 15 is 0 Å². The molecule has 1 aromatic heterocycles. The standard InChI is InChI=1S/C17H20N2O2/c20-16-14-9-5-4-8-13(14)15(12-18-16)17(21)19-10-6-2-1-3-7-11-19/h4-5,8-9,12H,1-3,6-7,10-11H2,(H,18,20). The Balaban J connectivity index is 1.97. The second kappa shape index (κ2) is 6.12. The SMILES string of the molecule is O=C(c1c[nH]c(=O)c2ccccc12)N1CCCCCCC1. The molecule has 3 rings (SSSR count). The fraction of sp³-hybridized carbons (Fsp3) is 0.412. The fourth-order valence-corrected chi connectivity index (χ4v) is 3.01. The van der Waals surface area contributed by atoms with Gasteiger partial charge in [-0.3, -0.25) is 9.59 Å². The van der Waals surface area contributed by atoms with Crippen LogP contribution in [0.15, 0.2) is 35.3 Å². The number of pyridine rings is 1. The van der Waals surface area contributed by atoms with Crippen molar-refractivity contribution in [2.45, 2.75) is 32.1 Å². The largest absolute Gasteiger partial charge is 0.339 e. The van der Waals surface area contributed by atoms with Crippen LogP contribution in [0.2, 0.25) is 0 Å². The number of aromatic nitrogens is 1. The molecular weight excluding hydrogens is 264 g/mol. The minimum Gasteiger partial charge on any atom is -0.339 e. The van der Waals surface area contributed by atoms with E-state index in [-0.39, 0.29) is 11.5 Å². The molecular formula is C17H20N2O2. The van der Waals surface area contributed by atoms with Gasteiger partial charge in [0.05, 0.1) is 5.56 Å². The summed E-state index contributed by atoms with van der Waals surface area (Å²) in [6.07, 6.45) is 7.34. The van der Waals surface area contributed by atoms with Gasteiger partial charge in [0.25, 0.3) is 11.5 Å². The van der Waals surface area contributed by atoms with Gasteiger partial charge < -0.3 is 9.88 Å². The third kappa shape index (κ3) is 2.84. The molecule has 0 aliphatic carbocycles. The molecule has 0 atom stereocenters. The molecule has 1 saturated heterocycles. The molecule has 1 aromatic carbocycles. The number of likely N-dealkylation sites (tertiary alicyclic amines) is 1. The van der Waals surface area contributed by atoms with Crippen molar-refractivity contribution in [1.82, 2.24) is 9.88 Å². The van der Waals surface area contributed by atoms with Crippen LogP contribution in [0.4, 0.5) is 0 Å². The first-order valence-electron chi connectivity index (χ1n) is 7.67. The molecule has 0 unspecified atom stereocenters. The van der Waals surface area contributed by atoms with Crippen molar-refractivity contribution in [1.29, 1.82) is 0 Å². The number of benzene rings is 1. The lowest BCUT2D eigenvalue weighted by Crippen LogP contribution is -2.34. The minimum atomic E-state index is -0.144. The van der Waals surface area contributed by atoms with Crippen LogP contribution in [-0.4, -0.2) is 28.9 Å². The maximum Gasteiger partial charge on any atom is 0.255 e. The lowest BCUT2D eigenvalue weighted by atomic mass is 10.0. The summed E-state index contributed by atoms with van der Waals surface area (Å²) >= 11 is 0. The summed E-state index contributed by atoms with van der Waals surface area (Å²) in [5, 5.41) is 1.32. The highest BCUT2D eigenvalue weighted by Crippen LogP contribution is 2.18. The Morgan fingerprint density at radius 2 is 1.57 bits per heavy atom. The van der Waals surface area contributed by atoms with E-state index in [1.807, 2.05) is 23.1 Å². The summed E-state index contributed by atoms with van der Waals surface area (Å²) in [4.78, 5) is 29.3. The second-order valence-electron chi connectivity index (χ2n) is 5.64. The molecule has 1 amide bonds. The summed E-state index contributed by atoms with van der Waals surface area (Å²) in [5.74, 6) is 0.0318. The highest BCUT2D eigenvalue weighted by molar-refractivity contribution is 6.06. The maximum atomic E-state index is 12.8. The van der Waals surface area contributed by atoms with Crippen molar-refractivity contribution < 1.29 is 4.79 Å². The number of fused-ring (bicyclic) bond motifs is 1. The third-order valence-electron chi connectivity index (χ3n) is 4.18. The zero-order chi connectivity index (χ0) is 14.7. The molecule has 1 fully saturated rings. The molecule has 4 heteroatoms. The number of amides is 1. The number of hydrogen-bond donors (Lipinski definition) is 1. The average Bonchev–Trinajstić information content (AvgIpc) is 2.47. The molecule has 1 N–H and O–H groups in total. The number of aromatic amines is 1. The summed E-state index contributed by atoms with van der Waals surface area (Å²) in [7, 11) is 0. The molecule has 110 valence electrons. The maximum absolute atomic E-state index is 12.8. The van der Waals surface area contributed by atoms with Crippen molar-refractivity contribution in [2.75, 3.05) is 13.1 Å². The predicted molar refractivity (Wildman–Crippen MR) is 83.6 cm³/mol. The number of rotatable bonds is 1. The number of hydrogen-bond acceptors (Lipinski definition) is 2. The van der Waals surface area contributed by atoms with Crippen molar-refractivity contribution in [3.63, 3.8) is 0 Å². The van der Waals surface area contributed by atoms with Crippen LogP contribution in [0.3, 0.4) is 0 Å². The summed E-state index contributed by atoms with van der Waals surface area (Å²) in [5.41, 5.74) is 0.459. The fourth-order valence-electron chi connectivity index (χ4n) is 3.01. The number of carbonyl (C=O) groups is 1. The zero-order valence-electron chi connectivity index (χ0n) is 12.1. The normalized spacial score (nSPS) is 16.5. The minimum absolute atomic E-state index is 0.0318. The van der Waals surface area contributed by atoms with E-state index in [9.17, 15) is 9.59 Å². The van der Waals surface area contributed by atoms with Crippen molar-refractivity contribution >= 4 is 16.7 Å². The molecule has 0 spiro atoms. The van der Waals surface area contributed by atoms with E-state index in [0.29, 0.717) is 10.9 Å². The molecule has 21 heavy (non-hydrogen) atoms. The van der Waals surface area contributed by atoms with Gasteiger partial charge in [0.2, 0.25) is 0 Å². The topological polar surface area (TPSA) is 53.2 Å². The van der Waals surface area contributed by atoms with Crippen LogP contribution >= 0.6 is 0 Å². The van der Waals surface area contributed by atoms with Crippen molar-refractivity contribution in [2.24, 2.45) is 0 Å². The number of nitrogens with zero attached hydrogens (tertiary/aromatic N) is 1. The van der Waals surface area contributed by atoms with E-state index in [4.69, 9.17) is 0 Å². The number of H-pyrrole nitrogens is 1. The Morgan fingerprint density at radius 1 is 0.952 bits per heavy atom. The molecule has 0 bridgehead atoms. The van der Waals surface area contributed by atoms with Crippen LogP contribution < -0.4 is 5.56 Å². The van der Waals surface area contributed by atoms with Gasteiger partial charge in [-0.05, 0) is 18.9 Å². The predicted octanol–water partition coefficient (Wildman–Crippen LogP) is 2.93. The number of nitrogens with one attached hydrogen (secondary N) is 1. The van der Waals surface area contributed by atoms with Gasteiger partial charge in [-0.1, -0.05) is 37.5 Å². The smallest absolute Gasteiger partial charge is 0.255 e. The molecule has 1 aliphatic rings. The van der Waals surface area contributed by atoms with Crippen LogP contribution in [0, 0.1) is 0 Å². The third-order valence-corrected chi connectivity index (χ3v) is 4.18. The Morgan fingerprint density at radius 3 is 2.29 bits per heavy atom. The highest BCUT2D eigenvalue weighted by Gasteiger charge is 2.19. The van der Waals surface area contributed by atoms with Crippen molar-refractivity contribution in [3.05, 3.63) is 46.4 Å². The van der Waals surface area contributed by atoms with Gasteiger partial charge in [0.1, 0.15) is 0 Å². The van der Waals surface area contributed by atoms with Crippen LogP contribution in [-0.2, 0) is 0 Å². The van der Waals surface area contributed by atoms with E-state index in [1.54, 1.807) is 12.3 Å². The quantitative estimate of drug-likeness (QED) is 0.875. The lowest BCUT2D eigenvalue weighted by molar-refractivity contribution is 0.0744. The van der Waals surface area contributed by atoms with Gasteiger partial charge in [-0.15, -0.1) is 0 Å². The average molecular weight is 284 g/mol. The van der Waals surface area contributed by atoms with E-state index in [0.717, 1.165) is 31.3 Å². The highest BCUT2D eigenvalue weighted by atomic mass is 16.2. The zero-order valence-corrected chi connectivity index (χ0v) is 12.1. The molecule has 0 radical (unpaired) electrons. The van der Waals surface area contributed by atoms with E-state index < -0.39 is 0 Å². The van der Waals surface area contributed by atoms with Gasteiger partial charge in [-0.25, -0.2) is 0 Å². The first-order chi connectivity index (χ1) is 10.3.